The Morgan fingerprint density at radius 1 is 1.59 bits per heavy atom. The van der Waals surface area contributed by atoms with Crippen LogP contribution in [0.1, 0.15) is 24.6 Å². The minimum atomic E-state index is -2.97. The molecule has 0 saturated heterocycles. The third kappa shape index (κ3) is 3.55. The summed E-state index contributed by atoms with van der Waals surface area (Å²) in [7, 11) is 0. The molecule has 0 spiro atoms. The van der Waals surface area contributed by atoms with E-state index in [1.807, 2.05) is 0 Å². The van der Waals surface area contributed by atoms with Gasteiger partial charge in [0.25, 0.3) is 6.43 Å². The van der Waals surface area contributed by atoms with E-state index in [0.29, 0.717) is 0 Å². The highest BCUT2D eigenvalue weighted by Crippen LogP contribution is 2.25. The normalized spacial score (nSPS) is 10.7. The number of esters is 1. The summed E-state index contributed by atoms with van der Waals surface area (Å²) in [4.78, 5) is 14.5. The minimum Gasteiger partial charge on any atom is -0.466 e. The molecule has 0 radical (unpaired) electrons. The molecule has 0 bridgehead atoms. The van der Waals surface area contributed by atoms with Crippen molar-refractivity contribution in [2.45, 2.75) is 19.8 Å². The van der Waals surface area contributed by atoms with Gasteiger partial charge in [0.15, 0.2) is 5.82 Å². The van der Waals surface area contributed by atoms with Gasteiger partial charge in [-0.1, -0.05) is 0 Å². The lowest BCUT2D eigenvalue weighted by atomic mass is 10.2. The molecule has 1 aromatic heterocycles. The Morgan fingerprint density at radius 3 is 2.76 bits per heavy atom. The average molecular weight is 359 g/mol. The van der Waals surface area contributed by atoms with Gasteiger partial charge in [-0.25, -0.2) is 13.2 Å². The fraction of sp³-hybridized carbons (Fsp3) is 0.400. The molecule has 3 nitrogen and oxygen atoms in total. The van der Waals surface area contributed by atoms with Crippen LogP contribution in [0.25, 0.3) is 0 Å². The van der Waals surface area contributed by atoms with Gasteiger partial charge in [-0.05, 0) is 35.1 Å². The lowest BCUT2D eigenvalue weighted by Gasteiger charge is -2.08. The first-order valence-corrected chi connectivity index (χ1v) is 5.81. The van der Waals surface area contributed by atoms with Crippen LogP contribution in [-0.2, 0) is 16.0 Å². The molecule has 7 heteroatoms. The molecule has 0 aliphatic heterocycles. The van der Waals surface area contributed by atoms with E-state index in [1.54, 1.807) is 29.5 Å². The standard InChI is InChI=1S/C10H9F3INO2/c1-2-17-6(16)3-5-4-15-9(10(12)13)7(11)8(5)14/h4,10H,2-3H2,1H3. The maximum absolute atomic E-state index is 13.4. The summed E-state index contributed by atoms with van der Waals surface area (Å²) >= 11 is 1.57. The molecule has 1 aromatic rings. The Morgan fingerprint density at radius 2 is 2.24 bits per heavy atom. The molecular weight excluding hydrogens is 350 g/mol. The minimum absolute atomic E-state index is 0.0269. The van der Waals surface area contributed by atoms with Crippen LogP contribution in [0.5, 0.6) is 0 Å². The van der Waals surface area contributed by atoms with Crippen molar-refractivity contribution in [1.82, 2.24) is 4.98 Å². The maximum Gasteiger partial charge on any atom is 0.310 e. The summed E-state index contributed by atoms with van der Waals surface area (Å²) in [5.74, 6) is -1.63. The van der Waals surface area contributed by atoms with Crippen molar-refractivity contribution in [3.05, 3.63) is 26.8 Å². The number of pyridine rings is 1. The molecule has 0 unspecified atom stereocenters. The second-order valence-electron chi connectivity index (χ2n) is 3.08. The summed E-state index contributed by atoms with van der Waals surface area (Å²) in [5, 5.41) is 0. The highest BCUT2D eigenvalue weighted by atomic mass is 127. The number of alkyl halides is 2. The van der Waals surface area contributed by atoms with Crippen molar-refractivity contribution in [3.8, 4) is 0 Å². The third-order valence-electron chi connectivity index (χ3n) is 1.91. The van der Waals surface area contributed by atoms with Gasteiger partial charge in [0, 0.05) is 6.20 Å². The number of carbonyl (C=O) groups excluding carboxylic acids is 1. The van der Waals surface area contributed by atoms with Gasteiger partial charge < -0.3 is 4.74 Å². The number of hydrogen-bond donors (Lipinski definition) is 0. The second kappa shape index (κ2) is 6.18. The van der Waals surface area contributed by atoms with Gasteiger partial charge in [-0.15, -0.1) is 0 Å². The van der Waals surface area contributed by atoms with Gasteiger partial charge in [0.05, 0.1) is 16.6 Å². The predicted molar refractivity (Wildman–Crippen MR) is 62.2 cm³/mol. The van der Waals surface area contributed by atoms with E-state index in [1.165, 1.54) is 0 Å². The molecule has 94 valence electrons. The zero-order valence-electron chi connectivity index (χ0n) is 8.84. The van der Waals surface area contributed by atoms with Crippen molar-refractivity contribution in [2.75, 3.05) is 6.61 Å². The highest BCUT2D eigenvalue weighted by molar-refractivity contribution is 14.1. The molecule has 1 rings (SSSR count). The molecule has 0 N–H and O–H groups in total. The van der Waals surface area contributed by atoms with Crippen LogP contribution in [0.2, 0.25) is 0 Å². The number of nitrogens with zero attached hydrogens (tertiary/aromatic N) is 1. The smallest absolute Gasteiger partial charge is 0.310 e. The summed E-state index contributed by atoms with van der Waals surface area (Å²) in [5.41, 5.74) is -0.659. The fourth-order valence-corrected chi connectivity index (χ4v) is 1.76. The number of halogens is 4. The first-order valence-electron chi connectivity index (χ1n) is 4.73. The Bertz CT molecular complexity index is 426. The maximum atomic E-state index is 13.4. The van der Waals surface area contributed by atoms with Crippen molar-refractivity contribution < 1.29 is 22.7 Å². The van der Waals surface area contributed by atoms with E-state index in [2.05, 4.69) is 9.72 Å². The number of aromatic nitrogens is 1. The Hall–Kier alpha value is -0.860. The molecule has 0 amide bonds. The van der Waals surface area contributed by atoms with Crippen LogP contribution in [0, 0.1) is 9.39 Å². The topological polar surface area (TPSA) is 39.2 Å². The van der Waals surface area contributed by atoms with Crippen LogP contribution in [0.3, 0.4) is 0 Å². The Labute approximate surface area is 110 Å². The Kier molecular flexibility index (Phi) is 5.16. The summed E-state index contributed by atoms with van der Waals surface area (Å²) < 4.78 is 42.7. The lowest BCUT2D eigenvalue weighted by molar-refractivity contribution is -0.142. The number of ether oxygens (including phenoxy) is 1. The number of rotatable bonds is 4. The van der Waals surface area contributed by atoms with E-state index >= 15 is 0 Å². The largest absolute Gasteiger partial charge is 0.466 e. The molecular formula is C10H9F3INO2. The van der Waals surface area contributed by atoms with Gasteiger partial charge in [0.1, 0.15) is 5.69 Å². The monoisotopic (exact) mass is 359 g/mol. The van der Waals surface area contributed by atoms with Gasteiger partial charge in [-0.2, -0.15) is 0 Å². The summed E-state index contributed by atoms with van der Waals surface area (Å²) in [6.45, 7) is 1.85. The average Bonchev–Trinajstić information content (AvgIpc) is 2.25. The molecule has 0 saturated carbocycles. The first kappa shape index (κ1) is 14.2. The predicted octanol–water partition coefficient (Wildman–Crippen LogP) is 2.87. The lowest BCUT2D eigenvalue weighted by Crippen LogP contribution is -2.11. The van der Waals surface area contributed by atoms with Crippen LogP contribution in [-0.4, -0.2) is 17.6 Å². The second-order valence-corrected chi connectivity index (χ2v) is 4.16. The molecule has 0 aliphatic carbocycles. The van der Waals surface area contributed by atoms with E-state index < -0.39 is 23.9 Å². The van der Waals surface area contributed by atoms with Gasteiger partial charge in [-0.3, -0.25) is 9.78 Å². The highest BCUT2D eigenvalue weighted by Gasteiger charge is 2.20. The first-order chi connectivity index (χ1) is 7.97. The zero-order valence-corrected chi connectivity index (χ0v) is 11.0. The summed E-state index contributed by atoms with van der Waals surface area (Å²) in [6.07, 6.45) is -2.08. The molecule has 0 atom stereocenters. The van der Waals surface area contributed by atoms with Crippen LogP contribution in [0.4, 0.5) is 13.2 Å². The van der Waals surface area contributed by atoms with E-state index in [0.717, 1.165) is 6.20 Å². The van der Waals surface area contributed by atoms with Crippen molar-refractivity contribution in [2.24, 2.45) is 0 Å². The van der Waals surface area contributed by atoms with E-state index in [9.17, 15) is 18.0 Å². The quantitative estimate of drug-likeness (QED) is 0.613. The molecule has 0 fully saturated rings. The summed E-state index contributed by atoms with van der Waals surface area (Å²) in [6, 6.07) is 0. The van der Waals surface area contributed by atoms with Crippen molar-refractivity contribution in [1.29, 1.82) is 0 Å². The van der Waals surface area contributed by atoms with E-state index in [-0.39, 0.29) is 22.2 Å². The zero-order chi connectivity index (χ0) is 13.0. The van der Waals surface area contributed by atoms with Gasteiger partial charge in [0.2, 0.25) is 0 Å². The Balaban J connectivity index is 2.96. The van der Waals surface area contributed by atoms with Gasteiger partial charge >= 0.3 is 5.97 Å². The van der Waals surface area contributed by atoms with Crippen molar-refractivity contribution >= 4 is 28.6 Å². The number of carbonyl (C=O) groups is 1. The number of hydrogen-bond acceptors (Lipinski definition) is 3. The molecule has 0 aliphatic rings. The van der Waals surface area contributed by atoms with Crippen LogP contribution < -0.4 is 0 Å². The fourth-order valence-electron chi connectivity index (χ4n) is 1.16. The SMILES string of the molecule is CCOC(=O)Cc1cnc(C(F)F)c(F)c1I. The molecule has 17 heavy (non-hydrogen) atoms. The molecule has 0 aromatic carbocycles. The van der Waals surface area contributed by atoms with E-state index in [4.69, 9.17) is 0 Å². The molecule has 1 heterocycles. The van der Waals surface area contributed by atoms with Crippen LogP contribution in [0.15, 0.2) is 6.20 Å². The van der Waals surface area contributed by atoms with Crippen molar-refractivity contribution in [3.63, 3.8) is 0 Å². The van der Waals surface area contributed by atoms with Crippen LogP contribution >= 0.6 is 22.6 Å². The third-order valence-corrected chi connectivity index (χ3v) is 3.07.